The normalized spacial score (nSPS) is 14.0. The van der Waals surface area contributed by atoms with Gasteiger partial charge in [0.15, 0.2) is 0 Å². The quantitative estimate of drug-likeness (QED) is 0.793. The average molecular weight is 305 g/mol. The molecule has 1 aliphatic heterocycles. The second-order valence-corrected chi connectivity index (χ2v) is 5.31. The zero-order valence-electron chi connectivity index (χ0n) is 9.30. The Balaban J connectivity index is 2.20. The lowest BCUT2D eigenvalue weighted by molar-refractivity contribution is 0.323. The van der Waals surface area contributed by atoms with Crippen LogP contribution in [0.15, 0.2) is 12.1 Å². The highest BCUT2D eigenvalue weighted by Crippen LogP contribution is 2.33. The number of benzene rings is 1. The molecule has 0 saturated heterocycles. The molecule has 4 heteroatoms. The van der Waals surface area contributed by atoms with Crippen LogP contribution < -0.4 is 4.74 Å². The van der Waals surface area contributed by atoms with Crippen LogP contribution in [-0.2, 0) is 13.0 Å². The van der Waals surface area contributed by atoms with Gasteiger partial charge in [0, 0.05) is 35.4 Å². The van der Waals surface area contributed by atoms with E-state index < -0.39 is 0 Å². The van der Waals surface area contributed by atoms with Gasteiger partial charge < -0.3 is 9.64 Å². The molecule has 0 aliphatic carbocycles. The molecule has 0 spiro atoms. The van der Waals surface area contributed by atoms with E-state index in [0.717, 1.165) is 42.2 Å². The van der Waals surface area contributed by atoms with E-state index in [0.29, 0.717) is 0 Å². The summed E-state index contributed by atoms with van der Waals surface area (Å²) in [4.78, 5) is 2.25. The predicted molar refractivity (Wildman–Crippen MR) is 70.8 cm³/mol. The molecule has 0 aromatic heterocycles. The van der Waals surface area contributed by atoms with Crippen LogP contribution in [0.25, 0.3) is 0 Å². The number of hydrogen-bond acceptors (Lipinski definition) is 2. The maximum atomic E-state index is 6.11. The molecule has 1 aliphatic rings. The Labute approximate surface area is 110 Å². The molecule has 1 aromatic carbocycles. The Kier molecular flexibility index (Phi) is 4.11. The van der Waals surface area contributed by atoms with Gasteiger partial charge in [0.05, 0.1) is 6.61 Å². The van der Waals surface area contributed by atoms with Gasteiger partial charge in [-0.1, -0.05) is 27.5 Å². The molecule has 88 valence electrons. The Hall–Kier alpha value is -0.250. The molecule has 0 amide bonds. The van der Waals surface area contributed by atoms with Crippen molar-refractivity contribution in [2.75, 3.05) is 25.5 Å². The molecule has 0 atom stereocenters. The summed E-state index contributed by atoms with van der Waals surface area (Å²) in [5.74, 6) is 1.05. The van der Waals surface area contributed by atoms with Crippen LogP contribution in [0.1, 0.15) is 11.1 Å². The summed E-state index contributed by atoms with van der Waals surface area (Å²) in [6.07, 6.45) is 0.977. The molecule has 2 rings (SSSR count). The van der Waals surface area contributed by atoms with Crippen LogP contribution >= 0.6 is 27.5 Å². The Morgan fingerprint density at radius 3 is 3.06 bits per heavy atom. The van der Waals surface area contributed by atoms with Crippen molar-refractivity contribution in [3.63, 3.8) is 0 Å². The molecule has 0 fully saturated rings. The fraction of sp³-hybridized carbons (Fsp3) is 0.500. The van der Waals surface area contributed by atoms with Gasteiger partial charge >= 0.3 is 0 Å². The monoisotopic (exact) mass is 303 g/mol. The lowest BCUT2D eigenvalue weighted by atomic mass is 10.1. The lowest BCUT2D eigenvalue weighted by Gasteiger charge is -2.17. The van der Waals surface area contributed by atoms with Gasteiger partial charge in [-0.05, 0) is 24.7 Å². The van der Waals surface area contributed by atoms with E-state index in [1.165, 1.54) is 11.1 Å². The van der Waals surface area contributed by atoms with Crippen molar-refractivity contribution in [3.8, 4) is 5.75 Å². The van der Waals surface area contributed by atoms with Gasteiger partial charge in [-0.3, -0.25) is 0 Å². The number of rotatable bonds is 4. The zero-order chi connectivity index (χ0) is 11.5. The van der Waals surface area contributed by atoms with Crippen molar-refractivity contribution < 1.29 is 4.74 Å². The Bertz CT molecular complexity index is 384. The van der Waals surface area contributed by atoms with E-state index >= 15 is 0 Å². The summed E-state index contributed by atoms with van der Waals surface area (Å²) in [6.45, 7) is 2.68. The van der Waals surface area contributed by atoms with E-state index in [2.05, 4.69) is 27.9 Å². The van der Waals surface area contributed by atoms with E-state index in [1.807, 2.05) is 12.1 Å². The van der Waals surface area contributed by atoms with Crippen LogP contribution in [-0.4, -0.2) is 30.4 Å². The zero-order valence-corrected chi connectivity index (χ0v) is 11.6. The van der Waals surface area contributed by atoms with E-state index in [4.69, 9.17) is 16.3 Å². The summed E-state index contributed by atoms with van der Waals surface area (Å²) < 4.78 is 5.67. The van der Waals surface area contributed by atoms with Crippen LogP contribution in [0.3, 0.4) is 0 Å². The number of nitrogens with zero attached hydrogens (tertiary/aromatic N) is 1. The predicted octanol–water partition coefficient (Wildman–Crippen LogP) is 3.10. The van der Waals surface area contributed by atoms with Crippen molar-refractivity contribution in [2.24, 2.45) is 0 Å². The molecule has 16 heavy (non-hydrogen) atoms. The molecule has 0 bridgehead atoms. The topological polar surface area (TPSA) is 12.5 Å². The van der Waals surface area contributed by atoms with Crippen molar-refractivity contribution in [1.29, 1.82) is 0 Å². The van der Waals surface area contributed by atoms with Gasteiger partial charge in [0.25, 0.3) is 0 Å². The van der Waals surface area contributed by atoms with Gasteiger partial charge in [-0.2, -0.15) is 0 Å². The van der Waals surface area contributed by atoms with E-state index in [-0.39, 0.29) is 0 Å². The standard InChI is InChI=1S/C12H15BrClNO/c1-15(4-3-13)8-10-7-11(14)6-9-2-5-16-12(9)10/h6-7H,2-5,8H2,1H3. The first-order valence-electron chi connectivity index (χ1n) is 5.39. The SMILES string of the molecule is CN(CCBr)Cc1cc(Cl)cc2c1OCC2. The van der Waals surface area contributed by atoms with Gasteiger partial charge in [-0.25, -0.2) is 0 Å². The number of hydrogen-bond donors (Lipinski definition) is 0. The highest BCUT2D eigenvalue weighted by Gasteiger charge is 2.18. The molecule has 0 N–H and O–H groups in total. The van der Waals surface area contributed by atoms with Crippen molar-refractivity contribution in [2.45, 2.75) is 13.0 Å². The fourth-order valence-electron chi connectivity index (χ4n) is 1.98. The van der Waals surface area contributed by atoms with Crippen LogP contribution in [0.2, 0.25) is 5.02 Å². The Morgan fingerprint density at radius 1 is 1.50 bits per heavy atom. The largest absolute Gasteiger partial charge is 0.493 e. The third-order valence-electron chi connectivity index (χ3n) is 2.73. The van der Waals surface area contributed by atoms with Crippen LogP contribution in [0.5, 0.6) is 5.75 Å². The molecule has 1 aromatic rings. The van der Waals surface area contributed by atoms with Crippen molar-refractivity contribution >= 4 is 27.5 Å². The van der Waals surface area contributed by atoms with Gasteiger partial charge in [0.2, 0.25) is 0 Å². The number of alkyl halides is 1. The summed E-state index contributed by atoms with van der Waals surface area (Å²) in [5.41, 5.74) is 2.44. The molecule has 0 saturated carbocycles. The van der Waals surface area contributed by atoms with E-state index in [9.17, 15) is 0 Å². The highest BCUT2D eigenvalue weighted by molar-refractivity contribution is 9.09. The molecular weight excluding hydrogens is 289 g/mol. The maximum Gasteiger partial charge on any atom is 0.127 e. The highest BCUT2D eigenvalue weighted by atomic mass is 79.9. The van der Waals surface area contributed by atoms with Gasteiger partial charge in [-0.15, -0.1) is 0 Å². The summed E-state index contributed by atoms with van der Waals surface area (Å²) >= 11 is 9.55. The average Bonchev–Trinajstić information content (AvgIpc) is 2.65. The summed E-state index contributed by atoms with van der Waals surface area (Å²) in [6, 6.07) is 4.02. The number of halogens is 2. The molecule has 0 unspecified atom stereocenters. The third kappa shape index (κ3) is 2.70. The lowest BCUT2D eigenvalue weighted by Crippen LogP contribution is -2.20. The first-order valence-corrected chi connectivity index (χ1v) is 6.89. The molecule has 1 heterocycles. The minimum atomic E-state index is 0.783. The maximum absolute atomic E-state index is 6.11. The van der Waals surface area contributed by atoms with Crippen molar-refractivity contribution in [3.05, 3.63) is 28.3 Å². The second kappa shape index (κ2) is 5.39. The molecule has 0 radical (unpaired) electrons. The van der Waals surface area contributed by atoms with E-state index in [1.54, 1.807) is 0 Å². The molecule has 2 nitrogen and oxygen atoms in total. The third-order valence-corrected chi connectivity index (χ3v) is 3.30. The smallest absolute Gasteiger partial charge is 0.127 e. The minimum Gasteiger partial charge on any atom is -0.493 e. The number of ether oxygens (including phenoxy) is 1. The molecular formula is C12H15BrClNO. The van der Waals surface area contributed by atoms with Crippen LogP contribution in [0, 0.1) is 0 Å². The summed E-state index contributed by atoms with van der Waals surface area (Å²) in [7, 11) is 2.10. The first-order chi connectivity index (χ1) is 7.70. The van der Waals surface area contributed by atoms with Crippen LogP contribution in [0.4, 0.5) is 0 Å². The summed E-state index contributed by atoms with van der Waals surface area (Å²) in [5, 5.41) is 1.79. The minimum absolute atomic E-state index is 0.783. The first kappa shape index (κ1) is 12.2. The van der Waals surface area contributed by atoms with Crippen molar-refractivity contribution in [1.82, 2.24) is 4.90 Å². The number of fused-ring (bicyclic) bond motifs is 1. The Morgan fingerprint density at radius 2 is 2.31 bits per heavy atom. The fourth-order valence-corrected chi connectivity index (χ4v) is 2.85. The van der Waals surface area contributed by atoms with Gasteiger partial charge in [0.1, 0.15) is 5.75 Å². The second-order valence-electron chi connectivity index (χ2n) is 4.08.